The summed E-state index contributed by atoms with van der Waals surface area (Å²) in [5, 5.41) is 3.10. The van der Waals surface area contributed by atoms with Gasteiger partial charge in [-0.2, -0.15) is 0 Å². The summed E-state index contributed by atoms with van der Waals surface area (Å²) in [5.74, 6) is 1.36. The van der Waals surface area contributed by atoms with Gasteiger partial charge in [0.25, 0.3) is 0 Å². The summed E-state index contributed by atoms with van der Waals surface area (Å²) in [6.07, 6.45) is 1.18. The first-order valence-electron chi connectivity index (χ1n) is 8.14. The maximum atomic E-state index is 12.4. The van der Waals surface area contributed by atoms with E-state index in [4.69, 9.17) is 9.47 Å². The zero-order chi connectivity index (χ0) is 17.5. The Kier molecular flexibility index (Phi) is 6.24. The molecule has 128 valence electrons. The first-order chi connectivity index (χ1) is 11.6. The van der Waals surface area contributed by atoms with Gasteiger partial charge in [0.05, 0.1) is 26.7 Å². The highest BCUT2D eigenvalue weighted by Gasteiger charge is 2.15. The second-order valence-corrected chi connectivity index (χ2v) is 5.81. The SMILES string of the molecule is CCC(NC(=O)Cc1ccc(C)cc1)c1ccc(OC)c(OC)c1. The highest BCUT2D eigenvalue weighted by atomic mass is 16.5. The maximum absolute atomic E-state index is 12.4. The van der Waals surface area contributed by atoms with Gasteiger partial charge < -0.3 is 14.8 Å². The third kappa shape index (κ3) is 4.51. The number of carbonyl (C=O) groups excluding carboxylic acids is 1. The van der Waals surface area contributed by atoms with Gasteiger partial charge in [-0.3, -0.25) is 4.79 Å². The lowest BCUT2D eigenvalue weighted by molar-refractivity contribution is -0.121. The molecule has 1 atom stereocenters. The van der Waals surface area contributed by atoms with Gasteiger partial charge in [0.2, 0.25) is 5.91 Å². The van der Waals surface area contributed by atoms with E-state index in [1.54, 1.807) is 14.2 Å². The molecule has 0 saturated heterocycles. The van der Waals surface area contributed by atoms with Crippen molar-refractivity contribution in [1.29, 1.82) is 0 Å². The molecule has 2 rings (SSSR count). The summed E-state index contributed by atoms with van der Waals surface area (Å²) in [4.78, 5) is 12.4. The molecule has 0 heterocycles. The maximum Gasteiger partial charge on any atom is 0.224 e. The number of hydrogen-bond acceptors (Lipinski definition) is 3. The second-order valence-electron chi connectivity index (χ2n) is 5.81. The van der Waals surface area contributed by atoms with Crippen LogP contribution in [0.1, 0.15) is 36.1 Å². The molecule has 2 aromatic carbocycles. The predicted molar refractivity (Wildman–Crippen MR) is 95.6 cm³/mol. The van der Waals surface area contributed by atoms with Crippen LogP contribution in [0.25, 0.3) is 0 Å². The Bertz CT molecular complexity index is 680. The largest absolute Gasteiger partial charge is 0.493 e. The number of rotatable bonds is 7. The van der Waals surface area contributed by atoms with Gasteiger partial charge in [-0.15, -0.1) is 0 Å². The van der Waals surface area contributed by atoms with Crippen LogP contribution < -0.4 is 14.8 Å². The minimum Gasteiger partial charge on any atom is -0.493 e. The molecule has 0 bridgehead atoms. The monoisotopic (exact) mass is 327 g/mol. The number of carbonyl (C=O) groups is 1. The summed E-state index contributed by atoms with van der Waals surface area (Å²) in [7, 11) is 3.22. The van der Waals surface area contributed by atoms with Crippen LogP contribution >= 0.6 is 0 Å². The van der Waals surface area contributed by atoms with E-state index in [9.17, 15) is 4.79 Å². The summed E-state index contributed by atoms with van der Waals surface area (Å²) >= 11 is 0. The van der Waals surface area contributed by atoms with Gasteiger partial charge in [0.15, 0.2) is 11.5 Å². The Hall–Kier alpha value is -2.49. The quantitative estimate of drug-likeness (QED) is 0.841. The lowest BCUT2D eigenvalue weighted by Crippen LogP contribution is -2.29. The standard InChI is InChI=1S/C20H25NO3/c1-5-17(16-10-11-18(23-3)19(13-16)24-4)21-20(22)12-15-8-6-14(2)7-9-15/h6-11,13,17H,5,12H2,1-4H3,(H,21,22). The molecule has 0 saturated carbocycles. The average Bonchev–Trinajstić information content (AvgIpc) is 2.61. The molecule has 1 amide bonds. The topological polar surface area (TPSA) is 47.6 Å². The molecule has 0 spiro atoms. The molecule has 24 heavy (non-hydrogen) atoms. The van der Waals surface area contributed by atoms with E-state index in [1.807, 2.05) is 56.3 Å². The highest BCUT2D eigenvalue weighted by Crippen LogP contribution is 2.30. The first-order valence-corrected chi connectivity index (χ1v) is 8.14. The van der Waals surface area contributed by atoms with Crippen LogP contribution in [0.5, 0.6) is 11.5 Å². The van der Waals surface area contributed by atoms with Crippen molar-refractivity contribution in [3.05, 3.63) is 59.2 Å². The number of ether oxygens (including phenoxy) is 2. The smallest absolute Gasteiger partial charge is 0.224 e. The number of methoxy groups -OCH3 is 2. The lowest BCUT2D eigenvalue weighted by atomic mass is 10.0. The fraction of sp³-hybridized carbons (Fsp3) is 0.350. The van der Waals surface area contributed by atoms with Crippen LogP contribution in [-0.4, -0.2) is 20.1 Å². The fourth-order valence-electron chi connectivity index (χ4n) is 2.63. The third-order valence-electron chi connectivity index (χ3n) is 4.04. The number of benzene rings is 2. The molecule has 1 unspecified atom stereocenters. The average molecular weight is 327 g/mol. The van der Waals surface area contributed by atoms with Crippen molar-refractivity contribution in [1.82, 2.24) is 5.32 Å². The molecule has 0 aromatic heterocycles. The van der Waals surface area contributed by atoms with Gasteiger partial charge >= 0.3 is 0 Å². The molecule has 4 nitrogen and oxygen atoms in total. The molecular weight excluding hydrogens is 302 g/mol. The zero-order valence-corrected chi connectivity index (χ0v) is 14.8. The molecule has 0 aliphatic rings. The Labute approximate surface area is 143 Å². The van der Waals surface area contributed by atoms with Crippen LogP contribution in [-0.2, 0) is 11.2 Å². The van der Waals surface area contributed by atoms with Crippen molar-refractivity contribution < 1.29 is 14.3 Å². The second kappa shape index (κ2) is 8.39. The molecule has 0 aliphatic carbocycles. The number of hydrogen-bond donors (Lipinski definition) is 1. The first kappa shape index (κ1) is 17.9. The molecular formula is C20H25NO3. The molecule has 0 radical (unpaired) electrons. The molecule has 1 N–H and O–H groups in total. The van der Waals surface area contributed by atoms with Crippen molar-refractivity contribution in [3.8, 4) is 11.5 Å². The van der Waals surface area contributed by atoms with Gasteiger partial charge in [-0.25, -0.2) is 0 Å². The normalized spacial score (nSPS) is 11.7. The molecule has 2 aromatic rings. The van der Waals surface area contributed by atoms with Crippen LogP contribution in [0.3, 0.4) is 0 Å². The van der Waals surface area contributed by atoms with Crippen molar-refractivity contribution in [3.63, 3.8) is 0 Å². The van der Waals surface area contributed by atoms with E-state index < -0.39 is 0 Å². The summed E-state index contributed by atoms with van der Waals surface area (Å²) in [6.45, 7) is 4.08. The fourth-order valence-corrected chi connectivity index (χ4v) is 2.63. The minimum absolute atomic E-state index is 0.0143. The number of amides is 1. The van der Waals surface area contributed by atoms with Crippen molar-refractivity contribution in [2.45, 2.75) is 32.7 Å². The van der Waals surface area contributed by atoms with Gasteiger partial charge in [0, 0.05) is 0 Å². The third-order valence-corrected chi connectivity index (χ3v) is 4.04. The number of nitrogens with one attached hydrogen (secondary N) is 1. The Morgan fingerprint density at radius 2 is 1.71 bits per heavy atom. The van der Waals surface area contributed by atoms with E-state index in [2.05, 4.69) is 5.32 Å². The van der Waals surface area contributed by atoms with Crippen molar-refractivity contribution in [2.75, 3.05) is 14.2 Å². The molecule has 0 fully saturated rings. The Morgan fingerprint density at radius 1 is 1.04 bits per heavy atom. The van der Waals surface area contributed by atoms with Crippen LogP contribution in [0.2, 0.25) is 0 Å². The highest BCUT2D eigenvalue weighted by molar-refractivity contribution is 5.79. The zero-order valence-electron chi connectivity index (χ0n) is 14.8. The molecule has 4 heteroatoms. The summed E-state index contributed by atoms with van der Waals surface area (Å²) in [6, 6.07) is 13.7. The van der Waals surface area contributed by atoms with Crippen molar-refractivity contribution >= 4 is 5.91 Å². The molecule has 0 aliphatic heterocycles. The van der Waals surface area contributed by atoms with E-state index in [-0.39, 0.29) is 11.9 Å². The lowest BCUT2D eigenvalue weighted by Gasteiger charge is -2.19. The van der Waals surface area contributed by atoms with E-state index in [0.29, 0.717) is 17.9 Å². The predicted octanol–water partition coefficient (Wildman–Crippen LogP) is 3.82. The van der Waals surface area contributed by atoms with Gasteiger partial charge in [-0.05, 0) is 36.6 Å². The van der Waals surface area contributed by atoms with E-state index >= 15 is 0 Å². The van der Waals surface area contributed by atoms with E-state index in [1.165, 1.54) is 5.56 Å². The Morgan fingerprint density at radius 3 is 2.29 bits per heavy atom. The summed E-state index contributed by atoms with van der Waals surface area (Å²) < 4.78 is 10.6. The Balaban J connectivity index is 2.08. The van der Waals surface area contributed by atoms with Crippen molar-refractivity contribution in [2.24, 2.45) is 0 Å². The van der Waals surface area contributed by atoms with Crippen LogP contribution in [0.4, 0.5) is 0 Å². The van der Waals surface area contributed by atoms with E-state index in [0.717, 1.165) is 17.5 Å². The summed E-state index contributed by atoms with van der Waals surface area (Å²) in [5.41, 5.74) is 3.21. The van der Waals surface area contributed by atoms with Crippen LogP contribution in [0.15, 0.2) is 42.5 Å². The van der Waals surface area contributed by atoms with Gasteiger partial charge in [0.1, 0.15) is 0 Å². The minimum atomic E-state index is -0.0530. The van der Waals surface area contributed by atoms with Gasteiger partial charge in [-0.1, -0.05) is 42.8 Å². The van der Waals surface area contributed by atoms with Crippen LogP contribution in [0, 0.1) is 6.92 Å². The number of aryl methyl sites for hydroxylation is 1.